The third-order valence-electron chi connectivity index (χ3n) is 2.33. The maximum absolute atomic E-state index is 12.1. The third kappa shape index (κ3) is 5.16. The monoisotopic (exact) mass is 352 g/mol. The number of hydrogen-bond donors (Lipinski definition) is 0. The van der Waals surface area contributed by atoms with Gasteiger partial charge in [-0.25, -0.2) is 9.59 Å². The van der Waals surface area contributed by atoms with Crippen LogP contribution in [0.3, 0.4) is 0 Å². The number of carbonyl (C=O) groups is 2. The number of ether oxygens (including phenoxy) is 2. The van der Waals surface area contributed by atoms with Crippen molar-refractivity contribution in [3.8, 4) is 0 Å². The molecule has 0 amide bonds. The molecule has 0 saturated heterocycles. The van der Waals surface area contributed by atoms with Gasteiger partial charge in [-0.15, -0.1) is 11.3 Å². The molecule has 118 valence electrons. The molecule has 0 N–H and O–H groups in total. The molecular formula is C14H18Cl2O4S. The summed E-state index contributed by atoms with van der Waals surface area (Å²) in [6, 6.07) is 0. The average Bonchev–Trinajstić information content (AvgIpc) is 2.67. The Labute approximate surface area is 138 Å². The molecule has 0 unspecified atom stereocenters. The summed E-state index contributed by atoms with van der Waals surface area (Å²) < 4.78 is 10.5. The summed E-state index contributed by atoms with van der Waals surface area (Å²) in [5, 5.41) is 0. The zero-order chi connectivity index (χ0) is 16.2. The number of thiophene rings is 1. The number of halogens is 2. The summed E-state index contributed by atoms with van der Waals surface area (Å²) in [5.74, 6) is -0.960. The molecule has 0 saturated carbocycles. The van der Waals surface area contributed by atoms with Gasteiger partial charge in [0.2, 0.25) is 0 Å². The molecule has 0 radical (unpaired) electrons. The summed E-state index contributed by atoms with van der Waals surface area (Å²) in [4.78, 5) is 24.2. The highest BCUT2D eigenvalue weighted by atomic mass is 35.5. The number of hydrogen-bond acceptors (Lipinski definition) is 5. The molecule has 1 heterocycles. The van der Waals surface area contributed by atoms with Gasteiger partial charge in [0.25, 0.3) is 0 Å². The van der Waals surface area contributed by atoms with Gasteiger partial charge in [-0.1, -0.05) is 50.9 Å². The minimum Gasteiger partial charge on any atom is -0.462 e. The van der Waals surface area contributed by atoms with Crippen LogP contribution in [0.15, 0.2) is 0 Å². The van der Waals surface area contributed by atoms with Gasteiger partial charge in [0, 0.05) is 0 Å². The van der Waals surface area contributed by atoms with E-state index in [0.29, 0.717) is 0 Å². The van der Waals surface area contributed by atoms with E-state index in [1.54, 1.807) is 0 Å². The van der Waals surface area contributed by atoms with Crippen molar-refractivity contribution in [1.82, 2.24) is 0 Å². The van der Waals surface area contributed by atoms with E-state index in [9.17, 15) is 9.59 Å². The fourth-order valence-corrected chi connectivity index (χ4v) is 3.03. The Morgan fingerprint density at radius 3 is 1.52 bits per heavy atom. The first-order chi connectivity index (χ1) is 9.73. The first kappa shape index (κ1) is 18.3. The van der Waals surface area contributed by atoms with E-state index in [-0.39, 0.29) is 44.8 Å². The minimum atomic E-state index is -0.659. The van der Waals surface area contributed by atoms with Gasteiger partial charge in [-0.2, -0.15) is 0 Å². The second-order valence-corrected chi connectivity index (χ2v) is 7.61. The zero-order valence-electron chi connectivity index (χ0n) is 12.4. The lowest BCUT2D eigenvalue weighted by molar-refractivity contribution is 0.0414. The highest BCUT2D eigenvalue weighted by Gasteiger charge is 2.29. The van der Waals surface area contributed by atoms with Gasteiger partial charge >= 0.3 is 11.9 Å². The molecule has 7 heteroatoms. The average molecular weight is 353 g/mol. The van der Waals surface area contributed by atoms with E-state index in [1.807, 2.05) is 27.7 Å². The van der Waals surface area contributed by atoms with E-state index in [1.165, 1.54) is 0 Å². The third-order valence-corrected chi connectivity index (χ3v) is 3.93. The van der Waals surface area contributed by atoms with Gasteiger partial charge in [0.05, 0.1) is 13.2 Å². The van der Waals surface area contributed by atoms with Crippen molar-refractivity contribution < 1.29 is 19.1 Å². The van der Waals surface area contributed by atoms with Crippen molar-refractivity contribution in [1.29, 1.82) is 0 Å². The highest BCUT2D eigenvalue weighted by molar-refractivity contribution is 7.20. The highest BCUT2D eigenvalue weighted by Crippen LogP contribution is 2.37. The standard InChI is InChI=1S/C14H18Cl2O4S/c1-7(2)5-19-13(17)9-10(12(16)21-11(9)15)14(18)20-6-8(3)4/h7-8H,5-6H2,1-4H3. The van der Waals surface area contributed by atoms with Crippen molar-refractivity contribution in [2.75, 3.05) is 13.2 Å². The quantitative estimate of drug-likeness (QED) is 0.697. The van der Waals surface area contributed by atoms with Gasteiger partial charge in [-0.05, 0) is 11.8 Å². The van der Waals surface area contributed by atoms with E-state index in [0.717, 1.165) is 11.3 Å². The Hall–Kier alpha value is -0.780. The van der Waals surface area contributed by atoms with Crippen molar-refractivity contribution >= 4 is 46.5 Å². The van der Waals surface area contributed by atoms with E-state index in [2.05, 4.69) is 0 Å². The molecule has 0 aliphatic rings. The lowest BCUT2D eigenvalue weighted by Gasteiger charge is -2.10. The molecule has 1 aromatic rings. The largest absolute Gasteiger partial charge is 0.462 e. The molecule has 1 rings (SSSR count). The topological polar surface area (TPSA) is 52.6 Å². The first-order valence-corrected chi connectivity index (χ1v) is 8.13. The van der Waals surface area contributed by atoms with E-state index < -0.39 is 11.9 Å². The molecule has 0 bridgehead atoms. The fraction of sp³-hybridized carbons (Fsp3) is 0.571. The van der Waals surface area contributed by atoms with Crippen LogP contribution in [-0.4, -0.2) is 25.2 Å². The van der Waals surface area contributed by atoms with Gasteiger partial charge in [0.15, 0.2) is 0 Å². The molecule has 0 spiro atoms. The van der Waals surface area contributed by atoms with Crippen LogP contribution in [0, 0.1) is 11.8 Å². The molecule has 1 aromatic heterocycles. The molecule has 21 heavy (non-hydrogen) atoms. The lowest BCUT2D eigenvalue weighted by atomic mass is 10.2. The molecule has 0 aliphatic heterocycles. The predicted octanol–water partition coefficient (Wildman–Crippen LogP) is 4.68. The summed E-state index contributed by atoms with van der Waals surface area (Å²) in [6.07, 6.45) is 0. The van der Waals surface area contributed by atoms with Gasteiger partial charge in [-0.3, -0.25) is 0 Å². The maximum Gasteiger partial charge on any atom is 0.341 e. The Morgan fingerprint density at radius 1 is 0.905 bits per heavy atom. The van der Waals surface area contributed by atoms with Crippen LogP contribution < -0.4 is 0 Å². The second-order valence-electron chi connectivity index (χ2n) is 5.38. The molecule has 0 atom stereocenters. The minimum absolute atomic E-state index is 0.0129. The number of rotatable bonds is 6. The van der Waals surface area contributed by atoms with Gasteiger partial charge in [0.1, 0.15) is 19.8 Å². The van der Waals surface area contributed by atoms with Crippen molar-refractivity contribution in [3.63, 3.8) is 0 Å². The van der Waals surface area contributed by atoms with E-state index in [4.69, 9.17) is 32.7 Å². The predicted molar refractivity (Wildman–Crippen MR) is 84.6 cm³/mol. The molecule has 0 aliphatic carbocycles. The Balaban J connectivity index is 2.98. The summed E-state index contributed by atoms with van der Waals surface area (Å²) in [7, 11) is 0. The van der Waals surface area contributed by atoms with Crippen LogP contribution in [0.4, 0.5) is 0 Å². The molecular weight excluding hydrogens is 335 g/mol. The van der Waals surface area contributed by atoms with Crippen molar-refractivity contribution in [2.45, 2.75) is 27.7 Å². The summed E-state index contributed by atoms with van der Waals surface area (Å²) in [5.41, 5.74) is -0.0258. The Kier molecular flexibility index (Phi) is 6.97. The van der Waals surface area contributed by atoms with Crippen molar-refractivity contribution in [3.05, 3.63) is 19.8 Å². The van der Waals surface area contributed by atoms with Gasteiger partial charge < -0.3 is 9.47 Å². The molecule has 0 aromatic carbocycles. The van der Waals surface area contributed by atoms with E-state index >= 15 is 0 Å². The lowest BCUT2D eigenvalue weighted by Crippen LogP contribution is -2.16. The zero-order valence-corrected chi connectivity index (χ0v) is 14.7. The van der Waals surface area contributed by atoms with Crippen LogP contribution in [0.2, 0.25) is 8.67 Å². The van der Waals surface area contributed by atoms with Crippen LogP contribution in [0.5, 0.6) is 0 Å². The second kappa shape index (κ2) is 8.01. The van der Waals surface area contributed by atoms with Crippen LogP contribution >= 0.6 is 34.5 Å². The Morgan fingerprint density at radius 2 is 1.24 bits per heavy atom. The normalized spacial score (nSPS) is 11.0. The number of carbonyl (C=O) groups excluding carboxylic acids is 2. The molecule has 4 nitrogen and oxygen atoms in total. The SMILES string of the molecule is CC(C)COC(=O)c1c(Cl)sc(Cl)c1C(=O)OCC(C)C. The van der Waals surface area contributed by atoms with Crippen LogP contribution in [0.25, 0.3) is 0 Å². The molecule has 0 fully saturated rings. The first-order valence-electron chi connectivity index (χ1n) is 6.56. The maximum atomic E-state index is 12.1. The summed E-state index contributed by atoms with van der Waals surface area (Å²) >= 11 is 12.9. The smallest absolute Gasteiger partial charge is 0.341 e. The summed E-state index contributed by atoms with van der Waals surface area (Å²) in [6.45, 7) is 8.12. The van der Waals surface area contributed by atoms with Crippen molar-refractivity contribution in [2.24, 2.45) is 11.8 Å². The van der Waals surface area contributed by atoms with Crippen LogP contribution in [0.1, 0.15) is 48.4 Å². The Bertz CT molecular complexity index is 479. The number of esters is 2. The van der Waals surface area contributed by atoms with Crippen LogP contribution in [-0.2, 0) is 9.47 Å². The fourth-order valence-electron chi connectivity index (χ4n) is 1.37.